The Morgan fingerprint density at radius 3 is 2.43 bits per heavy atom. The summed E-state index contributed by atoms with van der Waals surface area (Å²) in [4.78, 5) is 33.1. The van der Waals surface area contributed by atoms with Crippen molar-refractivity contribution in [3.05, 3.63) is 155 Å². The standard InChI is InChI=1S/C36H28BrFN2O5S/c1-3-44-35(42)31-32(24-7-5-4-6-8-24)39-36-40(33(31)25-12-16-27(43-2)17-13-25)34(41)30(46-36)20-23-11-18-29(28(37)19-23)45-21-22-9-14-26(38)15-10-22/h4-20,33H,3,21H2,1-2H3/b30-20-/t33-/m1/s1. The maximum Gasteiger partial charge on any atom is 0.338 e. The Morgan fingerprint density at radius 1 is 1.02 bits per heavy atom. The fraction of sp³-hybridized carbons (Fsp3) is 0.139. The van der Waals surface area contributed by atoms with Gasteiger partial charge in [-0.25, -0.2) is 14.2 Å². The third kappa shape index (κ3) is 6.45. The number of benzene rings is 4. The first kappa shape index (κ1) is 31.2. The molecule has 1 aromatic heterocycles. The minimum Gasteiger partial charge on any atom is -0.497 e. The summed E-state index contributed by atoms with van der Waals surface area (Å²) in [7, 11) is 1.58. The third-order valence-electron chi connectivity index (χ3n) is 7.37. The van der Waals surface area contributed by atoms with E-state index in [0.29, 0.717) is 36.6 Å². The molecule has 0 spiro atoms. The Kier molecular flexibility index (Phi) is 9.28. The molecule has 0 radical (unpaired) electrons. The zero-order chi connectivity index (χ0) is 32.2. The van der Waals surface area contributed by atoms with Crippen LogP contribution in [0.15, 0.2) is 117 Å². The number of fused-ring (bicyclic) bond motifs is 1. The van der Waals surface area contributed by atoms with Gasteiger partial charge in [0.15, 0.2) is 4.80 Å². The minimum absolute atomic E-state index is 0.169. The van der Waals surface area contributed by atoms with Crippen molar-refractivity contribution in [2.45, 2.75) is 19.6 Å². The monoisotopic (exact) mass is 698 g/mol. The average Bonchev–Trinajstić information content (AvgIpc) is 3.38. The number of rotatable bonds is 9. The van der Waals surface area contributed by atoms with E-state index in [-0.39, 0.29) is 30.2 Å². The number of thiazole rings is 1. The van der Waals surface area contributed by atoms with Crippen LogP contribution in [0.25, 0.3) is 11.8 Å². The summed E-state index contributed by atoms with van der Waals surface area (Å²) in [5, 5.41) is 0. The van der Waals surface area contributed by atoms with Crippen molar-refractivity contribution in [2.75, 3.05) is 13.7 Å². The molecule has 6 rings (SSSR count). The molecular weight excluding hydrogens is 671 g/mol. The molecule has 7 nitrogen and oxygen atoms in total. The molecule has 5 aromatic rings. The third-order valence-corrected chi connectivity index (χ3v) is 8.97. The van der Waals surface area contributed by atoms with Crippen molar-refractivity contribution in [2.24, 2.45) is 4.99 Å². The summed E-state index contributed by atoms with van der Waals surface area (Å²) in [6.45, 7) is 2.19. The second-order valence-corrected chi connectivity index (χ2v) is 12.2. The van der Waals surface area contributed by atoms with Gasteiger partial charge >= 0.3 is 5.97 Å². The van der Waals surface area contributed by atoms with Crippen LogP contribution in [0.2, 0.25) is 0 Å². The normalized spacial score (nSPS) is 14.4. The maximum absolute atomic E-state index is 14.1. The molecule has 0 amide bonds. The van der Waals surface area contributed by atoms with Crippen LogP contribution in [0, 0.1) is 5.82 Å². The quantitative estimate of drug-likeness (QED) is 0.166. The number of halogens is 2. The van der Waals surface area contributed by atoms with E-state index >= 15 is 0 Å². The zero-order valence-corrected chi connectivity index (χ0v) is 27.3. The molecule has 46 heavy (non-hydrogen) atoms. The molecule has 0 N–H and O–H groups in total. The smallest absolute Gasteiger partial charge is 0.338 e. The lowest BCUT2D eigenvalue weighted by atomic mass is 9.93. The predicted molar refractivity (Wildman–Crippen MR) is 179 cm³/mol. The molecule has 10 heteroatoms. The molecule has 1 atom stereocenters. The van der Waals surface area contributed by atoms with Crippen LogP contribution in [0.1, 0.15) is 35.2 Å². The van der Waals surface area contributed by atoms with E-state index in [9.17, 15) is 14.0 Å². The number of hydrogen-bond donors (Lipinski definition) is 0. The first-order valence-corrected chi connectivity index (χ1v) is 16.1. The summed E-state index contributed by atoms with van der Waals surface area (Å²) in [5.41, 5.74) is 3.50. The summed E-state index contributed by atoms with van der Waals surface area (Å²) in [6.07, 6.45) is 1.79. The highest BCUT2D eigenvalue weighted by atomic mass is 79.9. The maximum atomic E-state index is 14.1. The van der Waals surface area contributed by atoms with E-state index in [1.807, 2.05) is 60.7 Å². The van der Waals surface area contributed by atoms with Crippen LogP contribution in [0.5, 0.6) is 11.5 Å². The van der Waals surface area contributed by atoms with Gasteiger partial charge in [0.05, 0.1) is 40.0 Å². The fourth-order valence-electron chi connectivity index (χ4n) is 5.16. The molecule has 0 aliphatic carbocycles. The number of hydrogen-bond acceptors (Lipinski definition) is 7. The van der Waals surface area contributed by atoms with E-state index in [1.54, 1.807) is 48.9 Å². The van der Waals surface area contributed by atoms with Crippen LogP contribution in [0.3, 0.4) is 0 Å². The lowest BCUT2D eigenvalue weighted by Crippen LogP contribution is -2.40. The molecule has 0 saturated heterocycles. The number of carbonyl (C=O) groups excluding carboxylic acids is 1. The highest BCUT2D eigenvalue weighted by Crippen LogP contribution is 2.36. The van der Waals surface area contributed by atoms with E-state index in [0.717, 1.165) is 16.7 Å². The van der Waals surface area contributed by atoms with Crippen LogP contribution < -0.4 is 24.4 Å². The summed E-state index contributed by atoms with van der Waals surface area (Å²) in [5.74, 6) is 0.412. The fourth-order valence-corrected chi connectivity index (χ4v) is 6.67. The SMILES string of the molecule is CCOC(=O)C1=C(c2ccccc2)N=c2s/c(=C\c3ccc(OCc4ccc(F)cc4)c(Br)c3)c(=O)n2[C@@H]1c1ccc(OC)cc1. The van der Waals surface area contributed by atoms with Crippen LogP contribution >= 0.6 is 27.3 Å². The van der Waals surface area contributed by atoms with Gasteiger partial charge < -0.3 is 14.2 Å². The molecular formula is C36H28BrFN2O5S. The number of nitrogens with zero attached hydrogens (tertiary/aromatic N) is 2. The molecule has 1 aliphatic rings. The van der Waals surface area contributed by atoms with E-state index in [2.05, 4.69) is 15.9 Å². The zero-order valence-electron chi connectivity index (χ0n) is 24.9. The Bertz CT molecular complexity index is 2110. The molecule has 1 aliphatic heterocycles. The van der Waals surface area contributed by atoms with Gasteiger partial charge in [-0.2, -0.15) is 0 Å². The largest absolute Gasteiger partial charge is 0.497 e. The Labute approximate surface area is 276 Å². The molecule has 0 fully saturated rings. The van der Waals surface area contributed by atoms with E-state index in [1.165, 1.54) is 23.5 Å². The topological polar surface area (TPSA) is 79.1 Å². The highest BCUT2D eigenvalue weighted by molar-refractivity contribution is 9.10. The number of aromatic nitrogens is 1. The van der Waals surface area contributed by atoms with E-state index < -0.39 is 12.0 Å². The van der Waals surface area contributed by atoms with Gasteiger partial charge in [-0.1, -0.05) is 72.0 Å². The summed E-state index contributed by atoms with van der Waals surface area (Å²) >= 11 is 4.82. The minimum atomic E-state index is -0.785. The first-order valence-electron chi connectivity index (χ1n) is 14.5. The second kappa shape index (κ2) is 13.7. The van der Waals surface area contributed by atoms with Gasteiger partial charge in [-0.15, -0.1) is 0 Å². The van der Waals surface area contributed by atoms with Gasteiger partial charge in [0.1, 0.15) is 23.9 Å². The highest BCUT2D eigenvalue weighted by Gasteiger charge is 2.35. The van der Waals surface area contributed by atoms with Crippen LogP contribution in [-0.2, 0) is 16.1 Å². The van der Waals surface area contributed by atoms with Crippen molar-refractivity contribution in [1.82, 2.24) is 4.57 Å². The molecule has 4 aromatic carbocycles. The molecule has 2 heterocycles. The van der Waals surface area contributed by atoms with Crippen molar-refractivity contribution < 1.29 is 23.4 Å². The molecule has 0 bridgehead atoms. The van der Waals surface area contributed by atoms with Crippen molar-refractivity contribution >= 4 is 45.0 Å². The van der Waals surface area contributed by atoms with E-state index in [4.69, 9.17) is 19.2 Å². The Hall–Kier alpha value is -4.80. The van der Waals surface area contributed by atoms with Crippen molar-refractivity contribution in [3.8, 4) is 11.5 Å². The molecule has 0 saturated carbocycles. The molecule has 232 valence electrons. The van der Waals surface area contributed by atoms with Crippen LogP contribution in [-0.4, -0.2) is 24.3 Å². The van der Waals surface area contributed by atoms with Crippen LogP contribution in [0.4, 0.5) is 4.39 Å². The average molecular weight is 700 g/mol. The number of ether oxygens (including phenoxy) is 3. The van der Waals surface area contributed by atoms with Crippen molar-refractivity contribution in [3.63, 3.8) is 0 Å². The summed E-state index contributed by atoms with van der Waals surface area (Å²) < 4.78 is 32.8. The Morgan fingerprint density at radius 2 is 1.76 bits per heavy atom. The first-order chi connectivity index (χ1) is 22.4. The number of methoxy groups -OCH3 is 1. The van der Waals surface area contributed by atoms with Gasteiger partial charge in [0, 0.05) is 5.56 Å². The number of carbonyl (C=O) groups is 1. The second-order valence-electron chi connectivity index (χ2n) is 10.3. The lowest BCUT2D eigenvalue weighted by Gasteiger charge is -2.26. The van der Waals surface area contributed by atoms with Gasteiger partial charge in [-0.3, -0.25) is 9.36 Å². The van der Waals surface area contributed by atoms with Gasteiger partial charge in [-0.05, 0) is 82.0 Å². The number of esters is 1. The molecule has 0 unspecified atom stereocenters. The van der Waals surface area contributed by atoms with Gasteiger partial charge in [0.25, 0.3) is 5.56 Å². The predicted octanol–water partition coefficient (Wildman–Crippen LogP) is 6.42. The lowest BCUT2D eigenvalue weighted by molar-refractivity contribution is -0.138. The summed E-state index contributed by atoms with van der Waals surface area (Å²) in [6, 6.07) is 27.6. The Balaban J connectivity index is 1.45. The van der Waals surface area contributed by atoms with Crippen molar-refractivity contribution in [1.29, 1.82) is 0 Å². The van der Waals surface area contributed by atoms with Gasteiger partial charge in [0.2, 0.25) is 0 Å².